The van der Waals surface area contributed by atoms with E-state index in [0.29, 0.717) is 11.5 Å². The molecule has 2 aromatic rings. The molecule has 0 saturated carbocycles. The number of nitrogens with two attached hydrogens (primary N) is 2. The van der Waals surface area contributed by atoms with Gasteiger partial charge in [0.25, 0.3) is 0 Å². The van der Waals surface area contributed by atoms with Gasteiger partial charge >= 0.3 is 53.6 Å². The Labute approximate surface area is 158 Å². The minimum absolute atomic E-state index is 0. The second kappa shape index (κ2) is 10.2. The van der Waals surface area contributed by atoms with Gasteiger partial charge in [0.1, 0.15) is 11.5 Å². The quantitative estimate of drug-likeness (QED) is 0.475. The van der Waals surface area contributed by atoms with Crippen LogP contribution in [0.5, 0.6) is 0 Å². The summed E-state index contributed by atoms with van der Waals surface area (Å²) >= 11 is -11.5. The van der Waals surface area contributed by atoms with Gasteiger partial charge in [0.15, 0.2) is 5.82 Å². The molecule has 0 bridgehead atoms. The zero-order valence-corrected chi connectivity index (χ0v) is 16.1. The van der Waals surface area contributed by atoms with Crippen LogP contribution in [0.25, 0.3) is 0 Å². The van der Waals surface area contributed by atoms with Crippen LogP contribution in [0.3, 0.4) is 0 Å². The van der Waals surface area contributed by atoms with Crippen LogP contribution in [0.2, 0.25) is 0 Å². The third-order valence-electron chi connectivity index (χ3n) is 2.13. The molecule has 0 aliphatic carbocycles. The Hall–Kier alpha value is -2.00. The van der Waals surface area contributed by atoms with E-state index in [1.54, 1.807) is 12.1 Å². The summed E-state index contributed by atoms with van der Waals surface area (Å²) in [6, 6.07) is 12.7. The van der Waals surface area contributed by atoms with Gasteiger partial charge in [0, 0.05) is 0 Å². The molecule has 0 saturated heterocycles. The predicted molar refractivity (Wildman–Crippen MR) is 79.2 cm³/mol. The molecule has 0 atom stereocenters. The second-order valence-electron chi connectivity index (χ2n) is 4.10. The normalized spacial score (nSPS) is 11.3. The van der Waals surface area contributed by atoms with Crippen molar-refractivity contribution in [2.45, 2.75) is 0 Å². The zero-order chi connectivity index (χ0) is 19.1. The fourth-order valence-electron chi connectivity index (χ4n) is 1.28. The number of benzene rings is 1. The summed E-state index contributed by atoms with van der Waals surface area (Å²) in [4.78, 5) is 3.89. The second-order valence-corrected chi connectivity index (χ2v) is 7.86. The summed E-state index contributed by atoms with van der Waals surface area (Å²) in [5, 5.41) is 8.03. The average molecular weight is 468 g/mol. The summed E-state index contributed by atoms with van der Waals surface area (Å²) in [6.45, 7) is 0. The number of nitrogens with zero attached hydrogens (tertiary/aromatic N) is 3. The molecule has 0 radical (unpaired) electrons. The van der Waals surface area contributed by atoms with E-state index in [0.717, 1.165) is 5.69 Å². The molecule has 0 unspecified atom stereocenters. The van der Waals surface area contributed by atoms with Crippen molar-refractivity contribution in [2.75, 3.05) is 11.5 Å². The topological polar surface area (TPSA) is 208 Å². The Balaban J connectivity index is 0.000000543. The van der Waals surface area contributed by atoms with Crippen molar-refractivity contribution in [1.29, 1.82) is 0 Å². The summed E-state index contributed by atoms with van der Waals surface area (Å²) in [5.41, 5.74) is 12.4. The van der Waals surface area contributed by atoms with E-state index >= 15 is 0 Å². The molecule has 26 heavy (non-hydrogen) atoms. The SMILES string of the molecule is Cl.Nc1ccc(N=Nc2ccccc2)c(N)n1.[O]=[Cr](=[O])([OH])[O][Cr](=[O])(=[O])[OH]. The maximum atomic E-state index is 9.53. The van der Waals surface area contributed by atoms with E-state index in [4.69, 9.17) is 19.8 Å². The van der Waals surface area contributed by atoms with Crippen LogP contribution in [0, 0.1) is 0 Å². The molecule has 144 valence electrons. The van der Waals surface area contributed by atoms with Crippen molar-refractivity contribution in [2.24, 2.45) is 10.2 Å². The monoisotopic (exact) mass is 467 g/mol. The van der Waals surface area contributed by atoms with Gasteiger partial charge in [-0.2, -0.15) is 5.11 Å². The Bertz CT molecular complexity index is 922. The van der Waals surface area contributed by atoms with Gasteiger partial charge < -0.3 is 11.5 Å². The number of rotatable bonds is 4. The van der Waals surface area contributed by atoms with E-state index in [2.05, 4.69) is 18.1 Å². The fourth-order valence-corrected chi connectivity index (χ4v) is 3.02. The molecular formula is C11H14ClCr2N5O7. The van der Waals surface area contributed by atoms with Crippen molar-refractivity contribution in [3.63, 3.8) is 0 Å². The summed E-state index contributed by atoms with van der Waals surface area (Å²) in [6.07, 6.45) is 0. The Morgan fingerprint density at radius 1 is 0.885 bits per heavy atom. The average Bonchev–Trinajstić information content (AvgIpc) is 2.44. The number of hydrogen-bond donors (Lipinski definition) is 4. The first-order valence-electron chi connectivity index (χ1n) is 6.11. The van der Waals surface area contributed by atoms with Gasteiger partial charge in [-0.3, -0.25) is 0 Å². The molecule has 1 heterocycles. The van der Waals surface area contributed by atoms with Crippen molar-refractivity contribution in [3.8, 4) is 0 Å². The molecule has 0 spiro atoms. The van der Waals surface area contributed by atoms with Crippen LogP contribution in [0.15, 0.2) is 52.7 Å². The molecule has 1 aromatic heterocycles. The Morgan fingerprint density at radius 2 is 1.42 bits per heavy atom. The number of nitrogen functional groups attached to an aromatic ring is 2. The van der Waals surface area contributed by atoms with Gasteiger partial charge in [-0.1, -0.05) is 18.2 Å². The van der Waals surface area contributed by atoms with Gasteiger partial charge in [0.05, 0.1) is 5.69 Å². The van der Waals surface area contributed by atoms with E-state index in [1.807, 2.05) is 30.3 Å². The van der Waals surface area contributed by atoms with E-state index < -0.39 is 27.2 Å². The minimum atomic E-state index is -5.76. The van der Waals surface area contributed by atoms with Gasteiger partial charge in [0.2, 0.25) is 0 Å². The molecule has 0 aliphatic heterocycles. The predicted octanol–water partition coefficient (Wildman–Crippen LogP) is 1.42. The number of halogens is 1. The number of hydrogen-bond acceptors (Lipinski definition) is 10. The van der Waals surface area contributed by atoms with Gasteiger partial charge in [-0.25, -0.2) is 4.98 Å². The molecule has 6 N–H and O–H groups in total. The number of anilines is 2. The van der Waals surface area contributed by atoms with E-state index in [1.165, 1.54) is 0 Å². The molecule has 15 heteroatoms. The van der Waals surface area contributed by atoms with Crippen LogP contribution >= 0.6 is 12.4 Å². The van der Waals surface area contributed by atoms with Gasteiger partial charge in [-0.05, 0) is 24.3 Å². The zero-order valence-electron chi connectivity index (χ0n) is 12.7. The first kappa shape index (κ1) is 24.0. The first-order chi connectivity index (χ1) is 11.5. The molecular weight excluding hydrogens is 454 g/mol. The summed E-state index contributed by atoms with van der Waals surface area (Å²) < 4.78 is 56.3. The van der Waals surface area contributed by atoms with Crippen LogP contribution < -0.4 is 11.5 Å². The van der Waals surface area contributed by atoms with Crippen LogP contribution in [0.4, 0.5) is 23.0 Å². The number of azo groups is 1. The summed E-state index contributed by atoms with van der Waals surface area (Å²) in [7, 11) is 0. The number of pyridine rings is 1. The Morgan fingerprint density at radius 3 is 1.85 bits per heavy atom. The van der Waals surface area contributed by atoms with Crippen LogP contribution in [0.1, 0.15) is 0 Å². The standard InChI is InChI=1S/C11H11N5.ClH.2Cr.2H2O.5O/c12-10-7-6-9(11(13)14-10)16-15-8-4-2-1-3-5-8;;;;;;;;;;/h1-7H,(H4,12,13,14);1H;;;2*1H2;;;;;/q;;2*+1;;;;;;;/p-2. The first-order valence-corrected chi connectivity index (χ1v) is 10.4. The molecule has 12 nitrogen and oxygen atoms in total. The van der Waals surface area contributed by atoms with Gasteiger partial charge in [-0.15, -0.1) is 17.5 Å². The molecule has 0 amide bonds. The third-order valence-corrected chi connectivity index (χ3v) is 4.88. The van der Waals surface area contributed by atoms with Crippen LogP contribution in [-0.2, 0) is 45.3 Å². The maximum absolute atomic E-state index is 9.53. The van der Waals surface area contributed by atoms with E-state index in [9.17, 15) is 15.2 Å². The Kier molecular flexibility index (Phi) is 9.44. The summed E-state index contributed by atoms with van der Waals surface area (Å²) in [5.74, 6) is 0.649. The fraction of sp³-hybridized carbons (Fsp3) is 0. The molecule has 0 fully saturated rings. The molecule has 1 aromatic carbocycles. The van der Waals surface area contributed by atoms with Crippen molar-refractivity contribution < 1.29 is 53.6 Å². The van der Waals surface area contributed by atoms with Crippen molar-refractivity contribution in [3.05, 3.63) is 42.5 Å². The van der Waals surface area contributed by atoms with Crippen LogP contribution in [-0.4, -0.2) is 13.3 Å². The van der Waals surface area contributed by atoms with Crippen molar-refractivity contribution in [1.82, 2.24) is 4.98 Å². The number of aromatic nitrogens is 1. The molecule has 2 rings (SSSR count). The third kappa shape index (κ3) is 10.8. The van der Waals surface area contributed by atoms with E-state index in [-0.39, 0.29) is 18.2 Å². The van der Waals surface area contributed by atoms with Crippen molar-refractivity contribution >= 4 is 35.4 Å². The molecule has 0 aliphatic rings.